The molecule has 2 aromatic heterocycles. The molecule has 6 heteroatoms. The quantitative estimate of drug-likeness (QED) is 0.489. The SMILES string of the molecule is CCC(C)c1cccc(-c2ccccn2)n1.[Cl][Au]([Cl])[Cl]. The van der Waals surface area contributed by atoms with Crippen molar-refractivity contribution in [3.63, 3.8) is 0 Å². The second kappa shape index (κ2) is 9.78. The first-order chi connectivity index (χ1) is 9.54. The minimum atomic E-state index is -1.79. The third-order valence-electron chi connectivity index (χ3n) is 2.82. The van der Waals surface area contributed by atoms with Crippen molar-refractivity contribution in [2.24, 2.45) is 0 Å². The second-order valence-corrected chi connectivity index (χ2v) is 13.5. The molecule has 2 aromatic rings. The van der Waals surface area contributed by atoms with Crippen LogP contribution in [0.25, 0.3) is 11.4 Å². The molecule has 20 heavy (non-hydrogen) atoms. The van der Waals surface area contributed by atoms with Crippen molar-refractivity contribution in [2.75, 3.05) is 0 Å². The molecule has 0 aliphatic carbocycles. The molecular weight excluding hydrogens is 499 g/mol. The number of aromatic nitrogens is 2. The Kier molecular flexibility index (Phi) is 8.78. The van der Waals surface area contributed by atoms with E-state index in [4.69, 9.17) is 27.6 Å². The summed E-state index contributed by atoms with van der Waals surface area (Å²) >= 11 is -1.79. The zero-order valence-electron chi connectivity index (χ0n) is 11.2. The predicted molar refractivity (Wildman–Crippen MR) is 83.7 cm³/mol. The van der Waals surface area contributed by atoms with Crippen LogP contribution in [0, 0.1) is 0 Å². The van der Waals surface area contributed by atoms with Crippen molar-refractivity contribution in [3.05, 3.63) is 48.3 Å². The molecule has 0 aliphatic rings. The molecular formula is C14H16AuCl3N2. The van der Waals surface area contributed by atoms with Crippen LogP contribution in [0.3, 0.4) is 0 Å². The molecule has 0 saturated carbocycles. The van der Waals surface area contributed by atoms with Crippen LogP contribution in [-0.4, -0.2) is 9.97 Å². The monoisotopic (exact) mass is 514 g/mol. The molecule has 1 atom stereocenters. The maximum absolute atomic E-state index is 4.95. The van der Waals surface area contributed by atoms with Gasteiger partial charge in [-0.25, -0.2) is 0 Å². The predicted octanol–water partition coefficient (Wildman–Crippen LogP) is 5.72. The molecule has 0 aliphatic heterocycles. The van der Waals surface area contributed by atoms with Crippen LogP contribution in [-0.2, 0) is 15.2 Å². The van der Waals surface area contributed by atoms with Gasteiger partial charge in [0, 0.05) is 11.9 Å². The van der Waals surface area contributed by atoms with Gasteiger partial charge in [-0.05, 0) is 36.6 Å². The van der Waals surface area contributed by atoms with E-state index in [2.05, 4.69) is 35.9 Å². The van der Waals surface area contributed by atoms with E-state index in [1.54, 1.807) is 6.20 Å². The molecule has 1 unspecified atom stereocenters. The van der Waals surface area contributed by atoms with Crippen molar-refractivity contribution in [1.82, 2.24) is 9.97 Å². The van der Waals surface area contributed by atoms with Crippen LogP contribution in [0.15, 0.2) is 42.6 Å². The fourth-order valence-corrected chi connectivity index (χ4v) is 1.59. The van der Waals surface area contributed by atoms with Crippen LogP contribution in [0.1, 0.15) is 31.9 Å². The Morgan fingerprint density at radius 3 is 2.25 bits per heavy atom. The number of nitrogens with zero attached hydrogens (tertiary/aromatic N) is 2. The Balaban J connectivity index is 0.000000444. The van der Waals surface area contributed by atoms with E-state index in [1.165, 1.54) is 0 Å². The topological polar surface area (TPSA) is 25.8 Å². The van der Waals surface area contributed by atoms with Gasteiger partial charge in [0.15, 0.2) is 0 Å². The molecule has 0 N–H and O–H groups in total. The van der Waals surface area contributed by atoms with Crippen LogP contribution in [0.5, 0.6) is 0 Å². The molecule has 0 radical (unpaired) electrons. The number of hydrogen-bond donors (Lipinski definition) is 0. The Hall–Kier alpha value is -0.0897. The van der Waals surface area contributed by atoms with E-state index in [-0.39, 0.29) is 0 Å². The minimum absolute atomic E-state index is 0.503. The van der Waals surface area contributed by atoms with Gasteiger partial charge in [-0.15, -0.1) is 0 Å². The van der Waals surface area contributed by atoms with Gasteiger partial charge in [-0.3, -0.25) is 9.97 Å². The fraction of sp³-hybridized carbons (Fsp3) is 0.286. The van der Waals surface area contributed by atoms with Gasteiger partial charge >= 0.3 is 42.8 Å². The van der Waals surface area contributed by atoms with E-state index in [9.17, 15) is 0 Å². The molecule has 0 saturated heterocycles. The molecule has 0 spiro atoms. The fourth-order valence-electron chi connectivity index (χ4n) is 1.59. The number of halogens is 3. The summed E-state index contributed by atoms with van der Waals surface area (Å²) in [6, 6.07) is 12.0. The summed E-state index contributed by atoms with van der Waals surface area (Å²) in [5, 5.41) is 0. The summed E-state index contributed by atoms with van der Waals surface area (Å²) < 4.78 is 0. The number of pyridine rings is 2. The van der Waals surface area contributed by atoms with E-state index < -0.39 is 15.2 Å². The van der Waals surface area contributed by atoms with E-state index in [1.807, 2.05) is 24.3 Å². The molecule has 0 amide bonds. The Labute approximate surface area is 138 Å². The molecule has 0 bridgehead atoms. The van der Waals surface area contributed by atoms with Gasteiger partial charge in [0.25, 0.3) is 0 Å². The van der Waals surface area contributed by atoms with E-state index >= 15 is 0 Å². The third kappa shape index (κ3) is 6.57. The zero-order valence-corrected chi connectivity index (χ0v) is 15.6. The second-order valence-electron chi connectivity index (χ2n) is 4.10. The first kappa shape index (κ1) is 18.0. The van der Waals surface area contributed by atoms with E-state index in [0.29, 0.717) is 5.92 Å². The van der Waals surface area contributed by atoms with Crippen molar-refractivity contribution in [2.45, 2.75) is 26.2 Å². The molecule has 0 fully saturated rings. The van der Waals surface area contributed by atoms with Crippen molar-refractivity contribution in [1.29, 1.82) is 0 Å². The summed E-state index contributed by atoms with van der Waals surface area (Å²) in [4.78, 5) is 8.96. The van der Waals surface area contributed by atoms with Gasteiger partial charge in [0.1, 0.15) is 0 Å². The first-order valence-electron chi connectivity index (χ1n) is 6.03. The third-order valence-corrected chi connectivity index (χ3v) is 2.82. The first-order valence-corrected chi connectivity index (χ1v) is 14.1. The van der Waals surface area contributed by atoms with Crippen molar-refractivity contribution < 1.29 is 15.2 Å². The average Bonchev–Trinajstić information content (AvgIpc) is 2.47. The van der Waals surface area contributed by atoms with Crippen LogP contribution in [0.2, 0.25) is 0 Å². The molecule has 0 aromatic carbocycles. The Morgan fingerprint density at radius 2 is 1.70 bits per heavy atom. The maximum atomic E-state index is 4.95. The summed E-state index contributed by atoms with van der Waals surface area (Å²) in [5.74, 6) is 0.503. The average molecular weight is 516 g/mol. The van der Waals surface area contributed by atoms with Crippen molar-refractivity contribution in [3.8, 4) is 11.4 Å². The van der Waals surface area contributed by atoms with Gasteiger partial charge < -0.3 is 0 Å². The van der Waals surface area contributed by atoms with Crippen LogP contribution < -0.4 is 0 Å². The number of rotatable bonds is 3. The summed E-state index contributed by atoms with van der Waals surface area (Å²) in [6.45, 7) is 4.38. The van der Waals surface area contributed by atoms with Crippen molar-refractivity contribution >= 4 is 27.6 Å². The van der Waals surface area contributed by atoms with E-state index in [0.717, 1.165) is 23.5 Å². The standard InChI is InChI=1S/C14H16N2.Au.3ClH/c1-3-11(2)12-8-6-9-14(16-12)13-7-4-5-10-15-13;;;;/h4-11H,3H2,1-2H3;;3*1H/q;+3;;;/p-3. The zero-order chi connectivity index (χ0) is 15.0. The van der Waals surface area contributed by atoms with Crippen LogP contribution in [0.4, 0.5) is 0 Å². The van der Waals surface area contributed by atoms with Crippen LogP contribution >= 0.6 is 27.6 Å². The van der Waals surface area contributed by atoms with Gasteiger partial charge in [-0.2, -0.15) is 0 Å². The Bertz CT molecular complexity index is 506. The molecule has 2 rings (SSSR count). The summed E-state index contributed by atoms with van der Waals surface area (Å²) in [7, 11) is 14.9. The molecule has 114 valence electrons. The summed E-state index contributed by atoms with van der Waals surface area (Å²) in [6.07, 6.45) is 2.91. The molecule has 2 nitrogen and oxygen atoms in total. The number of hydrogen-bond acceptors (Lipinski definition) is 2. The van der Waals surface area contributed by atoms with Gasteiger partial charge in [-0.1, -0.05) is 26.0 Å². The normalized spacial score (nSPS) is 12.2. The van der Waals surface area contributed by atoms with Gasteiger partial charge in [0.05, 0.1) is 11.4 Å². The van der Waals surface area contributed by atoms with Gasteiger partial charge in [0.2, 0.25) is 0 Å². The Morgan fingerprint density at radius 1 is 1.05 bits per heavy atom. The molecule has 2 heterocycles. The summed E-state index contributed by atoms with van der Waals surface area (Å²) in [5.41, 5.74) is 3.04.